The van der Waals surface area contributed by atoms with E-state index in [1.54, 1.807) is 25.1 Å². The van der Waals surface area contributed by atoms with E-state index in [2.05, 4.69) is 5.43 Å². The summed E-state index contributed by atoms with van der Waals surface area (Å²) in [5, 5.41) is 0.927. The Kier molecular flexibility index (Phi) is 7.50. The van der Waals surface area contributed by atoms with Gasteiger partial charge >= 0.3 is 12.2 Å². The molecule has 0 unspecified atom stereocenters. The van der Waals surface area contributed by atoms with Crippen molar-refractivity contribution in [3.05, 3.63) is 111 Å². The van der Waals surface area contributed by atoms with Crippen molar-refractivity contribution in [3.8, 4) is 0 Å². The van der Waals surface area contributed by atoms with Crippen LogP contribution in [-0.4, -0.2) is 23.0 Å². The van der Waals surface area contributed by atoms with E-state index in [9.17, 15) is 14.4 Å². The number of hydrogen-bond acceptors (Lipinski definition) is 5. The smallest absolute Gasteiger partial charge is 0.430 e. The van der Waals surface area contributed by atoms with E-state index in [-0.39, 0.29) is 19.0 Å². The summed E-state index contributed by atoms with van der Waals surface area (Å²) in [6.45, 7) is 1.55. The molecule has 0 radical (unpaired) electrons. The van der Waals surface area contributed by atoms with Gasteiger partial charge in [-0.15, -0.1) is 0 Å². The number of ketones is 1. The van der Waals surface area contributed by atoms with Gasteiger partial charge in [-0.1, -0.05) is 84.9 Å². The first-order valence-electron chi connectivity index (χ1n) is 10.9. The highest BCUT2D eigenvalue weighted by atomic mass is 127. The van der Waals surface area contributed by atoms with Gasteiger partial charge in [0.25, 0.3) is 0 Å². The molecule has 3 aromatic carbocycles. The maximum absolute atomic E-state index is 13.5. The van der Waals surface area contributed by atoms with Crippen molar-refractivity contribution < 1.29 is 23.9 Å². The van der Waals surface area contributed by atoms with Crippen molar-refractivity contribution in [2.75, 3.05) is 0 Å². The van der Waals surface area contributed by atoms with Crippen LogP contribution in [0.15, 0.2) is 88.5 Å². The maximum atomic E-state index is 13.5. The molecular weight excluding hydrogens is 559 g/mol. The van der Waals surface area contributed by atoms with Crippen LogP contribution >= 0.6 is 22.6 Å². The van der Waals surface area contributed by atoms with Gasteiger partial charge in [0.2, 0.25) is 5.78 Å². The number of rotatable bonds is 5. The van der Waals surface area contributed by atoms with Crippen molar-refractivity contribution in [2.24, 2.45) is 0 Å². The fourth-order valence-electron chi connectivity index (χ4n) is 3.82. The Morgan fingerprint density at radius 2 is 1.40 bits per heavy atom. The van der Waals surface area contributed by atoms with E-state index < -0.39 is 17.7 Å². The molecule has 0 saturated carbocycles. The zero-order valence-corrected chi connectivity index (χ0v) is 21.1. The number of nitrogens with zero attached hydrogens (tertiary/aromatic N) is 1. The molecule has 0 spiro atoms. The van der Waals surface area contributed by atoms with E-state index in [0.717, 1.165) is 21.7 Å². The molecule has 0 bridgehead atoms. The average Bonchev–Trinajstić information content (AvgIpc) is 2.89. The van der Waals surface area contributed by atoms with E-state index in [0.29, 0.717) is 9.14 Å². The first-order chi connectivity index (χ1) is 16.9. The summed E-state index contributed by atoms with van der Waals surface area (Å²) in [7, 11) is 0. The van der Waals surface area contributed by atoms with Gasteiger partial charge in [-0.3, -0.25) is 4.79 Å². The first-order valence-corrected chi connectivity index (χ1v) is 12.0. The Labute approximate surface area is 216 Å². The molecule has 1 aliphatic rings. The minimum atomic E-state index is -1.55. The monoisotopic (exact) mass is 582 g/mol. The second-order valence-corrected chi connectivity index (χ2v) is 9.19. The molecule has 0 saturated heterocycles. The molecule has 1 N–H and O–H groups in total. The van der Waals surface area contributed by atoms with Crippen LogP contribution in [0.4, 0.5) is 9.59 Å². The number of ether oxygens (including phenoxy) is 2. The average molecular weight is 582 g/mol. The lowest BCUT2D eigenvalue weighted by molar-refractivity contribution is -0.127. The molecule has 35 heavy (non-hydrogen) atoms. The molecule has 178 valence electrons. The molecule has 3 aromatic rings. The molecule has 0 fully saturated rings. The molecule has 2 amide bonds. The zero-order valence-electron chi connectivity index (χ0n) is 18.9. The van der Waals surface area contributed by atoms with Crippen LogP contribution in [0.3, 0.4) is 0 Å². The third-order valence-electron chi connectivity index (χ3n) is 5.68. The predicted molar refractivity (Wildman–Crippen MR) is 139 cm³/mol. The van der Waals surface area contributed by atoms with Crippen LogP contribution in [0.1, 0.15) is 29.2 Å². The predicted octanol–water partition coefficient (Wildman–Crippen LogP) is 5.74. The van der Waals surface area contributed by atoms with Crippen molar-refractivity contribution >= 4 is 46.6 Å². The van der Waals surface area contributed by atoms with Gasteiger partial charge in [0.05, 0.1) is 3.58 Å². The molecule has 7 nitrogen and oxygen atoms in total. The number of benzene rings is 3. The topological polar surface area (TPSA) is 84.9 Å². The van der Waals surface area contributed by atoms with Crippen LogP contribution in [0.2, 0.25) is 0 Å². The number of amides is 2. The number of nitrogens with one attached hydrogen (secondary N) is 1. The third kappa shape index (κ3) is 5.37. The Morgan fingerprint density at radius 3 is 2.03 bits per heavy atom. The second-order valence-electron chi connectivity index (χ2n) is 8.03. The van der Waals surface area contributed by atoms with Crippen LogP contribution in [-0.2, 0) is 33.0 Å². The molecule has 0 aromatic heterocycles. The third-order valence-corrected chi connectivity index (χ3v) is 6.48. The quantitative estimate of drug-likeness (QED) is 0.307. The molecule has 1 aliphatic carbocycles. The minimum Gasteiger partial charge on any atom is -0.443 e. The lowest BCUT2D eigenvalue weighted by Gasteiger charge is -2.41. The number of carbonyl (C=O) groups is 3. The van der Waals surface area contributed by atoms with Crippen LogP contribution < -0.4 is 5.43 Å². The summed E-state index contributed by atoms with van der Waals surface area (Å²) < 4.78 is 11.3. The Balaban J connectivity index is 1.62. The van der Waals surface area contributed by atoms with E-state index in [1.165, 1.54) is 0 Å². The lowest BCUT2D eigenvalue weighted by Crippen LogP contribution is -2.61. The fraction of sp³-hybridized carbons (Fsp3) is 0.148. The molecular formula is C27H23IN2O5. The number of hydrazine groups is 1. The number of hydrogen-bond donors (Lipinski definition) is 1. The van der Waals surface area contributed by atoms with Gasteiger partial charge in [-0.25, -0.2) is 15.0 Å². The number of halogens is 1. The summed E-state index contributed by atoms with van der Waals surface area (Å²) in [5.41, 5.74) is 3.79. The van der Waals surface area contributed by atoms with Crippen molar-refractivity contribution in [2.45, 2.75) is 25.7 Å². The van der Waals surface area contributed by atoms with E-state index in [4.69, 9.17) is 9.47 Å². The van der Waals surface area contributed by atoms with Gasteiger partial charge in [-0.05, 0) is 57.8 Å². The Hall–Kier alpha value is -3.66. The Morgan fingerprint density at radius 1 is 0.857 bits per heavy atom. The normalized spacial score (nSPS) is 16.5. The minimum absolute atomic E-state index is 0.00172. The fourth-order valence-corrected chi connectivity index (χ4v) is 4.68. The largest absolute Gasteiger partial charge is 0.443 e. The van der Waals surface area contributed by atoms with Crippen LogP contribution in [0, 0.1) is 0 Å². The number of Topliss-reactive ketones (excluding diaryl/α,β-unsaturated/α-hetero) is 1. The van der Waals surface area contributed by atoms with Gasteiger partial charge < -0.3 is 9.47 Å². The zero-order chi connectivity index (χ0) is 24.8. The SMILES string of the molecule is C[C@]1(N(NC(=O)OCc2ccccc2)C(=O)OCc2ccccc2)C(=O)C(I)=Cc2ccccc21. The van der Waals surface area contributed by atoms with Gasteiger partial charge in [0, 0.05) is 0 Å². The van der Waals surface area contributed by atoms with Crippen LogP contribution in [0.5, 0.6) is 0 Å². The molecule has 8 heteroatoms. The number of fused-ring (bicyclic) bond motifs is 1. The molecule has 0 heterocycles. The standard InChI is InChI=1S/C27H23IN2O5/c1-27(22-15-9-8-14-21(22)16-23(28)24(27)31)30(26(33)35-18-20-12-6-3-7-13-20)29-25(32)34-17-19-10-4-2-5-11-19/h2-16H,17-18H2,1H3,(H,29,32)/t27-/m1/s1. The second kappa shape index (κ2) is 10.7. The molecule has 1 atom stereocenters. The maximum Gasteiger partial charge on any atom is 0.430 e. The van der Waals surface area contributed by atoms with Gasteiger partial charge in [-0.2, -0.15) is 5.01 Å². The van der Waals surface area contributed by atoms with Crippen molar-refractivity contribution in [1.82, 2.24) is 10.4 Å². The van der Waals surface area contributed by atoms with Crippen LogP contribution in [0.25, 0.3) is 6.08 Å². The highest BCUT2D eigenvalue weighted by Crippen LogP contribution is 2.40. The summed E-state index contributed by atoms with van der Waals surface area (Å²) >= 11 is 1.94. The highest BCUT2D eigenvalue weighted by molar-refractivity contribution is 14.1. The summed E-state index contributed by atoms with van der Waals surface area (Å²) in [4.78, 5) is 39.6. The highest BCUT2D eigenvalue weighted by Gasteiger charge is 2.49. The summed E-state index contributed by atoms with van der Waals surface area (Å²) in [6.07, 6.45) is -0.0230. The first kappa shape index (κ1) is 24.5. The lowest BCUT2D eigenvalue weighted by atomic mass is 9.80. The van der Waals surface area contributed by atoms with E-state index in [1.807, 2.05) is 95.4 Å². The molecule has 0 aliphatic heterocycles. The number of carbonyl (C=O) groups excluding carboxylic acids is 3. The van der Waals surface area contributed by atoms with Gasteiger partial charge in [0.15, 0.2) is 5.54 Å². The van der Waals surface area contributed by atoms with Gasteiger partial charge in [0.1, 0.15) is 13.2 Å². The summed E-state index contributed by atoms with van der Waals surface area (Å²) in [6, 6.07) is 25.5. The Bertz CT molecular complexity index is 1260. The van der Waals surface area contributed by atoms with E-state index >= 15 is 0 Å². The van der Waals surface area contributed by atoms with Crippen molar-refractivity contribution in [3.63, 3.8) is 0 Å². The van der Waals surface area contributed by atoms with Crippen molar-refractivity contribution in [1.29, 1.82) is 0 Å². The summed E-state index contributed by atoms with van der Waals surface area (Å²) in [5.74, 6) is -0.350. The molecule has 4 rings (SSSR count).